The van der Waals surface area contributed by atoms with Crippen LogP contribution in [0.5, 0.6) is 0 Å². The van der Waals surface area contributed by atoms with Crippen LogP contribution < -0.4 is 0 Å². The molecule has 0 aromatic carbocycles. The lowest BCUT2D eigenvalue weighted by Crippen LogP contribution is -2.78. The number of nitrogens with zero attached hydrogens (tertiary/aromatic N) is 1. The molecule has 2 fully saturated rings. The van der Waals surface area contributed by atoms with Gasteiger partial charge >= 0.3 is 0 Å². The molecule has 106 valence electrons. The van der Waals surface area contributed by atoms with Crippen LogP contribution in [0.25, 0.3) is 0 Å². The van der Waals surface area contributed by atoms with Crippen LogP contribution in [-0.4, -0.2) is 66.4 Å². The molecule has 0 spiro atoms. The predicted molar refractivity (Wildman–Crippen MR) is 69.3 cm³/mol. The Morgan fingerprint density at radius 1 is 1.28 bits per heavy atom. The van der Waals surface area contributed by atoms with E-state index in [1.807, 2.05) is 0 Å². The first-order chi connectivity index (χ1) is 8.10. The van der Waals surface area contributed by atoms with E-state index in [1.165, 1.54) is 0 Å². The van der Waals surface area contributed by atoms with Crippen molar-refractivity contribution in [2.75, 3.05) is 26.3 Å². The highest BCUT2D eigenvalue weighted by Gasteiger charge is 2.67. The molecule has 2 atom stereocenters. The predicted octanol–water partition coefficient (Wildman–Crippen LogP) is 0.0337. The molecule has 0 aromatic heterocycles. The second-order valence-corrected chi connectivity index (χ2v) is 8.97. The third kappa shape index (κ3) is 1.90. The second kappa shape index (κ2) is 4.16. The Kier molecular flexibility index (Phi) is 3.29. The summed E-state index contributed by atoms with van der Waals surface area (Å²) in [7, 11) is -3.29. The van der Waals surface area contributed by atoms with Gasteiger partial charge in [-0.3, -0.25) is 4.90 Å². The molecule has 0 saturated carbocycles. The van der Waals surface area contributed by atoms with E-state index < -0.39 is 25.4 Å². The Morgan fingerprint density at radius 3 is 2.22 bits per heavy atom. The first-order valence-electron chi connectivity index (χ1n) is 6.38. The first-order valence-corrected chi connectivity index (χ1v) is 7.92. The van der Waals surface area contributed by atoms with Crippen molar-refractivity contribution in [3.63, 3.8) is 0 Å². The van der Waals surface area contributed by atoms with E-state index in [4.69, 9.17) is 4.74 Å². The van der Waals surface area contributed by atoms with E-state index >= 15 is 0 Å². The van der Waals surface area contributed by atoms with Gasteiger partial charge in [0.05, 0.1) is 23.6 Å². The zero-order valence-electron chi connectivity index (χ0n) is 11.5. The second-order valence-electron chi connectivity index (χ2n) is 6.32. The molecule has 0 bridgehead atoms. The van der Waals surface area contributed by atoms with E-state index in [9.17, 15) is 13.5 Å². The maximum absolute atomic E-state index is 12.4. The minimum atomic E-state index is -3.29. The van der Waals surface area contributed by atoms with Crippen LogP contribution in [-0.2, 0) is 14.6 Å². The lowest BCUT2D eigenvalue weighted by atomic mass is 9.87. The molecule has 0 unspecified atom stereocenters. The van der Waals surface area contributed by atoms with Gasteiger partial charge in [-0.1, -0.05) is 0 Å². The van der Waals surface area contributed by atoms with Gasteiger partial charge in [-0.15, -0.1) is 0 Å². The van der Waals surface area contributed by atoms with Crippen LogP contribution in [0.2, 0.25) is 0 Å². The highest BCUT2D eigenvalue weighted by Crippen LogP contribution is 2.47. The quantitative estimate of drug-likeness (QED) is 0.771. The molecule has 2 heterocycles. The molecule has 2 aliphatic rings. The molecule has 1 N–H and O–H groups in total. The van der Waals surface area contributed by atoms with E-state index in [0.29, 0.717) is 13.2 Å². The van der Waals surface area contributed by atoms with Crippen LogP contribution >= 0.6 is 0 Å². The summed E-state index contributed by atoms with van der Waals surface area (Å²) in [5, 5.41) is 9.46. The lowest BCUT2D eigenvalue weighted by Gasteiger charge is -2.58. The molecule has 0 aliphatic carbocycles. The zero-order chi connectivity index (χ0) is 13.8. The Morgan fingerprint density at radius 2 is 1.78 bits per heavy atom. The van der Waals surface area contributed by atoms with Gasteiger partial charge in [0.1, 0.15) is 5.25 Å². The van der Waals surface area contributed by atoms with Gasteiger partial charge in [0, 0.05) is 19.1 Å². The highest BCUT2D eigenvalue weighted by molar-refractivity contribution is 7.95. The normalized spacial score (nSPS) is 36.1. The topological polar surface area (TPSA) is 66.8 Å². The Labute approximate surface area is 109 Å². The minimum Gasteiger partial charge on any atom is -0.389 e. The largest absolute Gasteiger partial charge is 0.389 e. The molecular formula is C12H23NO4S. The van der Waals surface area contributed by atoms with Crippen molar-refractivity contribution >= 4 is 9.84 Å². The summed E-state index contributed by atoms with van der Waals surface area (Å²) in [6, 6.07) is -0.133. The van der Waals surface area contributed by atoms with Gasteiger partial charge in [0.2, 0.25) is 0 Å². The van der Waals surface area contributed by atoms with E-state index in [1.54, 1.807) is 27.7 Å². The molecule has 2 rings (SSSR count). The third-order valence-electron chi connectivity index (χ3n) is 4.20. The van der Waals surface area contributed by atoms with Gasteiger partial charge < -0.3 is 9.84 Å². The fourth-order valence-electron chi connectivity index (χ4n) is 3.21. The van der Waals surface area contributed by atoms with Crippen molar-refractivity contribution < 1.29 is 18.3 Å². The minimum absolute atomic E-state index is 0.133. The summed E-state index contributed by atoms with van der Waals surface area (Å²) in [5.41, 5.74) is -1.21. The molecule has 0 amide bonds. The molecular weight excluding hydrogens is 254 g/mol. The van der Waals surface area contributed by atoms with Crippen molar-refractivity contribution in [2.45, 2.75) is 49.3 Å². The Hall–Kier alpha value is -0.170. The first kappa shape index (κ1) is 14.2. The van der Waals surface area contributed by atoms with Gasteiger partial charge in [0.15, 0.2) is 9.84 Å². The smallest absolute Gasteiger partial charge is 0.164 e. The van der Waals surface area contributed by atoms with Gasteiger partial charge in [-0.25, -0.2) is 8.42 Å². The van der Waals surface area contributed by atoms with Crippen LogP contribution in [0.1, 0.15) is 27.7 Å². The maximum Gasteiger partial charge on any atom is 0.164 e. The number of aliphatic hydroxyl groups is 1. The van der Waals surface area contributed by atoms with E-state index in [2.05, 4.69) is 4.90 Å². The van der Waals surface area contributed by atoms with E-state index in [-0.39, 0.29) is 6.04 Å². The fraction of sp³-hybridized carbons (Fsp3) is 1.00. The molecule has 6 heteroatoms. The van der Waals surface area contributed by atoms with Gasteiger partial charge in [-0.2, -0.15) is 0 Å². The number of rotatable bonds is 2. The number of hydrogen-bond donors (Lipinski definition) is 1. The summed E-state index contributed by atoms with van der Waals surface area (Å²) in [6.45, 7) is 9.40. The Balaban J connectivity index is 2.32. The third-order valence-corrected chi connectivity index (χ3v) is 7.41. The average Bonchev–Trinajstić information content (AvgIpc) is 2.24. The van der Waals surface area contributed by atoms with E-state index in [0.717, 1.165) is 13.1 Å². The Bertz CT molecular complexity index is 418. The summed E-state index contributed by atoms with van der Waals surface area (Å²) >= 11 is 0. The number of ether oxygens (including phenoxy) is 1. The van der Waals surface area contributed by atoms with Crippen molar-refractivity contribution in [3.05, 3.63) is 0 Å². The van der Waals surface area contributed by atoms with Crippen molar-refractivity contribution in [3.8, 4) is 0 Å². The molecule has 18 heavy (non-hydrogen) atoms. The number of hydrogen-bond acceptors (Lipinski definition) is 5. The molecule has 0 radical (unpaired) electrons. The van der Waals surface area contributed by atoms with Gasteiger partial charge in [0.25, 0.3) is 0 Å². The van der Waals surface area contributed by atoms with Crippen LogP contribution in [0.15, 0.2) is 0 Å². The number of morpholine rings is 1. The maximum atomic E-state index is 12.4. The molecule has 2 aliphatic heterocycles. The van der Waals surface area contributed by atoms with Crippen LogP contribution in [0.3, 0.4) is 0 Å². The summed E-state index contributed by atoms with van der Waals surface area (Å²) in [4.78, 5) is 2.15. The van der Waals surface area contributed by atoms with Crippen molar-refractivity contribution in [1.82, 2.24) is 4.90 Å². The molecule has 2 saturated heterocycles. The van der Waals surface area contributed by atoms with Crippen molar-refractivity contribution in [1.29, 1.82) is 0 Å². The van der Waals surface area contributed by atoms with Crippen LogP contribution in [0.4, 0.5) is 0 Å². The van der Waals surface area contributed by atoms with Crippen LogP contribution in [0, 0.1) is 0 Å². The number of sulfone groups is 1. The zero-order valence-corrected chi connectivity index (χ0v) is 12.3. The summed E-state index contributed by atoms with van der Waals surface area (Å²) < 4.78 is 29.2. The summed E-state index contributed by atoms with van der Waals surface area (Å²) in [5.74, 6) is 0. The monoisotopic (exact) mass is 277 g/mol. The lowest BCUT2D eigenvalue weighted by molar-refractivity contribution is -0.0317. The average molecular weight is 277 g/mol. The molecule has 5 nitrogen and oxygen atoms in total. The molecule has 0 aromatic rings. The van der Waals surface area contributed by atoms with Gasteiger partial charge in [-0.05, 0) is 27.7 Å². The summed E-state index contributed by atoms with van der Waals surface area (Å²) in [6.07, 6.45) is 0. The fourth-order valence-corrected chi connectivity index (χ4v) is 5.87. The highest BCUT2D eigenvalue weighted by atomic mass is 32.2. The van der Waals surface area contributed by atoms with Crippen molar-refractivity contribution in [2.24, 2.45) is 0 Å². The standard InChI is InChI=1S/C12H23NO4S/c1-11(2,14)10-9(12(3,4)18(10,15)16)13-5-7-17-8-6-13/h9-10,14H,5-8H2,1-4H3/t9-,10-/m1/s1. The SMILES string of the molecule is CC(C)(O)[C@H]1[C@@H](N2CCOCC2)C(C)(C)S1(=O)=O.